The molecule has 0 radical (unpaired) electrons. The number of nitrogens with zero attached hydrogens (tertiary/aromatic N) is 3. The molecule has 0 spiro atoms. The molecule has 0 saturated carbocycles. The average molecular weight is 665 g/mol. The summed E-state index contributed by atoms with van der Waals surface area (Å²) in [6.45, 7) is 17.6. The number of rotatable bonds is 38. The molecule has 0 N–H and O–H groups in total. The average Bonchev–Trinajstić information content (AvgIpc) is 3.03. The second-order valence-electron chi connectivity index (χ2n) is 17.5. The molecule has 0 saturated heterocycles. The standard InChI is InChI=1S/C44H94N3/c1-9-12-14-16-18-20-22-24-26-28-30-32-34-36-39-45(4,5)41-43-47(8,38-11-3)44-42-46(6,7)40-37-35-33-31-29-27-25-23-21-19-17-15-13-10-2/h11H,3,9-10,12-44H2,1-2,4-8H3/q+3. The number of unbranched alkanes of at least 4 members (excludes halogenated alkanes) is 26. The molecule has 0 rings (SSSR count). The molecule has 47 heavy (non-hydrogen) atoms. The minimum Gasteiger partial charge on any atom is -0.324 e. The molecular weight excluding hydrogens is 571 g/mol. The van der Waals surface area contributed by atoms with E-state index in [1.54, 1.807) is 0 Å². The van der Waals surface area contributed by atoms with Crippen LogP contribution in [0.1, 0.15) is 194 Å². The molecule has 0 aromatic heterocycles. The van der Waals surface area contributed by atoms with E-state index < -0.39 is 0 Å². The maximum atomic E-state index is 4.15. The van der Waals surface area contributed by atoms with Gasteiger partial charge in [0.05, 0.1) is 54.9 Å². The maximum Gasteiger partial charge on any atom is 0.129 e. The Bertz CT molecular complexity index is 607. The van der Waals surface area contributed by atoms with Crippen LogP contribution in [0.5, 0.6) is 0 Å². The molecule has 0 unspecified atom stereocenters. The predicted octanol–water partition coefficient (Wildman–Crippen LogP) is 12.7. The van der Waals surface area contributed by atoms with Gasteiger partial charge in [0, 0.05) is 0 Å². The van der Waals surface area contributed by atoms with Gasteiger partial charge in [-0.15, -0.1) is 0 Å². The zero-order valence-electron chi connectivity index (χ0n) is 34.4. The molecule has 3 heteroatoms. The van der Waals surface area contributed by atoms with Crippen LogP contribution in [0.4, 0.5) is 0 Å². The number of likely N-dealkylation sites (N-methyl/N-ethyl adjacent to an activating group) is 3. The van der Waals surface area contributed by atoms with Gasteiger partial charge in [0.1, 0.15) is 26.2 Å². The van der Waals surface area contributed by atoms with Crippen LogP contribution < -0.4 is 0 Å². The van der Waals surface area contributed by atoms with Crippen molar-refractivity contribution in [3.8, 4) is 0 Å². The van der Waals surface area contributed by atoms with Gasteiger partial charge >= 0.3 is 0 Å². The van der Waals surface area contributed by atoms with Crippen molar-refractivity contribution in [1.82, 2.24) is 0 Å². The molecule has 0 aliphatic carbocycles. The van der Waals surface area contributed by atoms with Crippen LogP contribution in [-0.2, 0) is 0 Å². The van der Waals surface area contributed by atoms with Crippen molar-refractivity contribution < 1.29 is 13.4 Å². The van der Waals surface area contributed by atoms with E-state index in [0.717, 1.165) is 11.0 Å². The smallest absolute Gasteiger partial charge is 0.129 e. The first-order valence-electron chi connectivity index (χ1n) is 21.7. The fraction of sp³-hybridized carbons (Fsp3) is 0.955. The van der Waals surface area contributed by atoms with Gasteiger partial charge in [-0.3, -0.25) is 0 Å². The molecule has 0 aromatic carbocycles. The summed E-state index contributed by atoms with van der Waals surface area (Å²) in [7, 11) is 12.4. The molecular formula is C44H94N3+3. The van der Waals surface area contributed by atoms with Gasteiger partial charge in [-0.05, 0) is 31.8 Å². The van der Waals surface area contributed by atoms with E-state index in [1.165, 1.54) is 228 Å². The Morgan fingerprint density at radius 1 is 0.319 bits per heavy atom. The summed E-state index contributed by atoms with van der Waals surface area (Å²) in [5.41, 5.74) is 0. The van der Waals surface area contributed by atoms with E-state index in [0.29, 0.717) is 0 Å². The van der Waals surface area contributed by atoms with Crippen molar-refractivity contribution in [2.45, 2.75) is 194 Å². The Balaban J connectivity index is 3.98. The first kappa shape index (κ1) is 46.6. The fourth-order valence-electron chi connectivity index (χ4n) is 7.32. The number of hydrogen-bond donors (Lipinski definition) is 0. The van der Waals surface area contributed by atoms with E-state index in [4.69, 9.17) is 0 Å². The van der Waals surface area contributed by atoms with Crippen LogP contribution in [-0.4, -0.2) is 94.5 Å². The van der Waals surface area contributed by atoms with Gasteiger partial charge in [0.2, 0.25) is 0 Å². The zero-order valence-corrected chi connectivity index (χ0v) is 34.4. The SMILES string of the molecule is C=CC[N+](C)(CC[N+](C)(C)CCCCCCCCCCCCCCCC)CC[N+](C)(C)CCCCCCCCCCCCCCCC. The molecule has 0 aliphatic heterocycles. The van der Waals surface area contributed by atoms with E-state index in [1.807, 2.05) is 0 Å². The van der Waals surface area contributed by atoms with E-state index in [2.05, 4.69) is 61.7 Å². The predicted molar refractivity (Wildman–Crippen MR) is 215 cm³/mol. The third-order valence-electron chi connectivity index (χ3n) is 11.3. The lowest BCUT2D eigenvalue weighted by Gasteiger charge is -2.40. The summed E-state index contributed by atoms with van der Waals surface area (Å²) in [5.74, 6) is 0. The van der Waals surface area contributed by atoms with Crippen molar-refractivity contribution in [1.29, 1.82) is 0 Å². The summed E-state index contributed by atoms with van der Waals surface area (Å²) in [4.78, 5) is 0. The van der Waals surface area contributed by atoms with Crippen molar-refractivity contribution >= 4 is 0 Å². The highest BCUT2D eigenvalue weighted by Crippen LogP contribution is 2.16. The van der Waals surface area contributed by atoms with Crippen molar-refractivity contribution in [2.75, 3.05) is 81.1 Å². The molecule has 3 nitrogen and oxygen atoms in total. The Labute approximate surface area is 300 Å². The summed E-state index contributed by atoms with van der Waals surface area (Å²) in [6, 6.07) is 0. The second kappa shape index (κ2) is 31.6. The minimum atomic E-state index is 1.09. The minimum absolute atomic E-state index is 1.09. The van der Waals surface area contributed by atoms with Crippen molar-refractivity contribution in [2.24, 2.45) is 0 Å². The molecule has 0 bridgehead atoms. The van der Waals surface area contributed by atoms with Gasteiger partial charge in [-0.25, -0.2) is 0 Å². The molecule has 0 aliphatic rings. The number of hydrogen-bond acceptors (Lipinski definition) is 0. The van der Waals surface area contributed by atoms with Gasteiger partial charge < -0.3 is 13.4 Å². The highest BCUT2D eigenvalue weighted by atomic mass is 15.4. The largest absolute Gasteiger partial charge is 0.324 e. The summed E-state index contributed by atoms with van der Waals surface area (Å²) in [5, 5.41) is 0. The Morgan fingerprint density at radius 2 is 0.553 bits per heavy atom. The molecule has 0 heterocycles. The number of quaternary nitrogens is 3. The van der Waals surface area contributed by atoms with Crippen LogP contribution in [0.2, 0.25) is 0 Å². The van der Waals surface area contributed by atoms with Crippen molar-refractivity contribution in [3.05, 3.63) is 12.7 Å². The summed E-state index contributed by atoms with van der Waals surface area (Å²) >= 11 is 0. The van der Waals surface area contributed by atoms with Crippen LogP contribution in [0.15, 0.2) is 12.7 Å². The van der Waals surface area contributed by atoms with Crippen LogP contribution in [0, 0.1) is 0 Å². The van der Waals surface area contributed by atoms with Crippen LogP contribution in [0.3, 0.4) is 0 Å². The van der Waals surface area contributed by atoms with Gasteiger partial charge in [0.25, 0.3) is 0 Å². The third-order valence-corrected chi connectivity index (χ3v) is 11.3. The molecule has 0 amide bonds. The first-order valence-corrected chi connectivity index (χ1v) is 21.7. The highest BCUT2D eigenvalue weighted by molar-refractivity contribution is 4.65. The van der Waals surface area contributed by atoms with E-state index >= 15 is 0 Å². The van der Waals surface area contributed by atoms with Gasteiger partial charge in [0.15, 0.2) is 0 Å². The summed E-state index contributed by atoms with van der Waals surface area (Å²) < 4.78 is 3.48. The molecule has 0 atom stereocenters. The third kappa shape index (κ3) is 32.6. The topological polar surface area (TPSA) is 0 Å². The van der Waals surface area contributed by atoms with Crippen LogP contribution >= 0.6 is 0 Å². The maximum absolute atomic E-state index is 4.15. The lowest BCUT2D eigenvalue weighted by molar-refractivity contribution is -0.974. The van der Waals surface area contributed by atoms with E-state index in [9.17, 15) is 0 Å². The first-order chi connectivity index (χ1) is 22.6. The second-order valence-corrected chi connectivity index (χ2v) is 17.5. The highest BCUT2D eigenvalue weighted by Gasteiger charge is 2.28. The monoisotopic (exact) mass is 665 g/mol. The van der Waals surface area contributed by atoms with E-state index in [-0.39, 0.29) is 0 Å². The summed E-state index contributed by atoms with van der Waals surface area (Å²) in [6.07, 6.45) is 42.6. The fourth-order valence-corrected chi connectivity index (χ4v) is 7.32. The lowest BCUT2D eigenvalue weighted by Crippen LogP contribution is -2.57. The molecule has 0 aromatic rings. The zero-order chi connectivity index (χ0) is 35.0. The Hall–Kier alpha value is -0.380. The quantitative estimate of drug-likeness (QED) is 0.0350. The lowest BCUT2D eigenvalue weighted by atomic mass is 10.0. The molecule has 0 fully saturated rings. The Morgan fingerprint density at radius 3 is 0.787 bits per heavy atom. The Kier molecular flexibility index (Phi) is 31.3. The van der Waals surface area contributed by atoms with Crippen molar-refractivity contribution in [3.63, 3.8) is 0 Å². The normalized spacial score (nSPS) is 12.7. The van der Waals surface area contributed by atoms with Gasteiger partial charge in [-0.1, -0.05) is 175 Å². The van der Waals surface area contributed by atoms with Crippen LogP contribution in [0.25, 0.3) is 0 Å². The van der Waals surface area contributed by atoms with Gasteiger partial charge in [-0.2, -0.15) is 0 Å². The molecule has 282 valence electrons.